The number of fused-ring (bicyclic) bond motifs is 4. The van der Waals surface area contributed by atoms with Gasteiger partial charge in [-0.25, -0.2) is 8.42 Å². The van der Waals surface area contributed by atoms with E-state index in [1.165, 1.54) is 0 Å². The van der Waals surface area contributed by atoms with Gasteiger partial charge in [0.15, 0.2) is 15.6 Å². The van der Waals surface area contributed by atoms with Gasteiger partial charge in [-0.05, 0) is 50.5 Å². The molecule has 6 rings (SSSR count). The number of epoxide rings is 1. The zero-order valence-corrected chi connectivity index (χ0v) is 19.4. The quantitative estimate of drug-likeness (QED) is 0.476. The number of ether oxygens (including phenoxy) is 2. The summed E-state index contributed by atoms with van der Waals surface area (Å²) in [5.74, 6) is 0.0937. The first-order valence-corrected chi connectivity index (χ1v) is 13.6. The summed E-state index contributed by atoms with van der Waals surface area (Å²) in [5, 5.41) is -0.537. The van der Waals surface area contributed by atoms with Crippen molar-refractivity contribution in [2.24, 2.45) is 22.7 Å². The number of esters is 1. The van der Waals surface area contributed by atoms with Crippen LogP contribution < -0.4 is 0 Å². The van der Waals surface area contributed by atoms with Gasteiger partial charge in [0.25, 0.3) is 0 Å². The largest absolute Gasteiger partial charge is 0.458 e. The molecule has 6 aliphatic rings. The molecule has 5 fully saturated rings. The minimum Gasteiger partial charge on any atom is -0.458 e. The fraction of sp³-hybridized carbons (Fsp3) is 0.833. The molecule has 31 heavy (non-hydrogen) atoms. The Hall–Kier alpha value is -1.21. The fourth-order valence-corrected chi connectivity index (χ4v) is 10.5. The summed E-state index contributed by atoms with van der Waals surface area (Å²) in [6.07, 6.45) is 7.02. The van der Waals surface area contributed by atoms with Crippen molar-refractivity contribution in [1.29, 1.82) is 0 Å². The van der Waals surface area contributed by atoms with Gasteiger partial charge in [-0.2, -0.15) is 0 Å². The van der Waals surface area contributed by atoms with Crippen molar-refractivity contribution in [2.45, 2.75) is 94.7 Å². The van der Waals surface area contributed by atoms with E-state index in [1.807, 2.05) is 0 Å². The van der Waals surface area contributed by atoms with Gasteiger partial charge in [0.1, 0.15) is 11.2 Å². The molecule has 0 amide bonds. The molecule has 0 N–H and O–H groups in total. The second-order valence-corrected chi connectivity index (χ2v) is 13.8. The van der Waals surface area contributed by atoms with E-state index < -0.39 is 26.3 Å². The molecular weight excluding hydrogens is 416 g/mol. The molecule has 0 aromatic heterocycles. The number of carbonyl (C=O) groups excluding carboxylic acids is 2. The predicted molar refractivity (Wildman–Crippen MR) is 113 cm³/mol. The number of carbonyl (C=O) groups is 2. The second kappa shape index (κ2) is 5.82. The molecule has 4 aliphatic carbocycles. The molecule has 2 unspecified atom stereocenters. The molecule has 2 saturated heterocycles. The number of sulfone groups is 1. The van der Waals surface area contributed by atoms with Crippen LogP contribution in [-0.4, -0.2) is 48.5 Å². The molecule has 0 radical (unpaired) electrons. The minimum absolute atomic E-state index is 0.0375. The topological polar surface area (TPSA) is 90.0 Å². The Morgan fingerprint density at radius 2 is 1.90 bits per heavy atom. The highest BCUT2D eigenvalue weighted by Crippen LogP contribution is 2.78. The van der Waals surface area contributed by atoms with E-state index in [1.54, 1.807) is 13.0 Å². The highest BCUT2D eigenvalue weighted by atomic mass is 32.2. The van der Waals surface area contributed by atoms with E-state index in [-0.39, 0.29) is 46.3 Å². The molecule has 2 heterocycles. The average molecular weight is 449 g/mol. The van der Waals surface area contributed by atoms with E-state index in [4.69, 9.17) is 9.47 Å². The zero-order chi connectivity index (χ0) is 22.0. The molecule has 2 spiro atoms. The third-order valence-corrected chi connectivity index (χ3v) is 12.7. The van der Waals surface area contributed by atoms with Crippen LogP contribution >= 0.6 is 0 Å². The normalized spacial score (nSPS) is 52.7. The first kappa shape index (κ1) is 20.4. The Kier molecular flexibility index (Phi) is 3.83. The van der Waals surface area contributed by atoms with Gasteiger partial charge >= 0.3 is 5.97 Å². The first-order chi connectivity index (χ1) is 14.5. The van der Waals surface area contributed by atoms with Crippen molar-refractivity contribution in [2.75, 3.05) is 5.75 Å². The van der Waals surface area contributed by atoms with Crippen molar-refractivity contribution >= 4 is 21.6 Å². The van der Waals surface area contributed by atoms with E-state index in [2.05, 4.69) is 13.8 Å². The summed E-state index contributed by atoms with van der Waals surface area (Å²) in [6.45, 7) is 6.15. The molecule has 8 atom stereocenters. The molecule has 0 aromatic carbocycles. The smallest absolute Gasteiger partial charge is 0.306 e. The lowest BCUT2D eigenvalue weighted by molar-refractivity contribution is -0.164. The van der Waals surface area contributed by atoms with Gasteiger partial charge in [-0.15, -0.1) is 0 Å². The van der Waals surface area contributed by atoms with Crippen LogP contribution in [0.5, 0.6) is 0 Å². The van der Waals surface area contributed by atoms with Crippen LogP contribution in [0.2, 0.25) is 0 Å². The van der Waals surface area contributed by atoms with Gasteiger partial charge in [-0.3, -0.25) is 9.59 Å². The van der Waals surface area contributed by atoms with Gasteiger partial charge in [-0.1, -0.05) is 26.3 Å². The van der Waals surface area contributed by atoms with Crippen LogP contribution in [0.25, 0.3) is 0 Å². The molecule has 170 valence electrons. The van der Waals surface area contributed by atoms with E-state index >= 15 is 0 Å². The van der Waals surface area contributed by atoms with Crippen LogP contribution in [0.4, 0.5) is 0 Å². The van der Waals surface area contributed by atoms with E-state index in [0.29, 0.717) is 19.3 Å². The molecular formula is C24H32O6S. The summed E-state index contributed by atoms with van der Waals surface area (Å²) in [7, 11) is -3.35. The van der Waals surface area contributed by atoms with Crippen molar-refractivity contribution in [3.05, 3.63) is 11.6 Å². The van der Waals surface area contributed by atoms with E-state index in [0.717, 1.165) is 37.7 Å². The van der Waals surface area contributed by atoms with Gasteiger partial charge in [0.2, 0.25) is 0 Å². The summed E-state index contributed by atoms with van der Waals surface area (Å²) < 4.78 is 39.5. The van der Waals surface area contributed by atoms with Crippen LogP contribution in [0.1, 0.15) is 72.1 Å². The lowest BCUT2D eigenvalue weighted by Crippen LogP contribution is -2.64. The average Bonchev–Trinajstić information content (AvgIpc) is 3.20. The molecule has 3 saturated carbocycles. The number of ketones is 1. The molecule has 0 bridgehead atoms. The number of rotatable bonds is 2. The molecule has 2 aliphatic heterocycles. The number of hydrogen-bond donors (Lipinski definition) is 0. The number of hydrogen-bond acceptors (Lipinski definition) is 6. The molecule has 6 nitrogen and oxygen atoms in total. The summed E-state index contributed by atoms with van der Waals surface area (Å²) in [6, 6.07) is 0. The fourth-order valence-electron chi connectivity index (χ4n) is 8.80. The predicted octanol–water partition coefficient (Wildman–Crippen LogP) is 3.14. The van der Waals surface area contributed by atoms with Crippen LogP contribution in [0.15, 0.2) is 11.6 Å². The molecule has 7 heteroatoms. The summed E-state index contributed by atoms with van der Waals surface area (Å²) in [4.78, 5) is 24.4. The Morgan fingerprint density at radius 1 is 1.13 bits per heavy atom. The van der Waals surface area contributed by atoms with Crippen molar-refractivity contribution < 1.29 is 27.5 Å². The van der Waals surface area contributed by atoms with Crippen LogP contribution in [0.3, 0.4) is 0 Å². The monoisotopic (exact) mass is 448 g/mol. The van der Waals surface area contributed by atoms with Crippen molar-refractivity contribution in [3.8, 4) is 0 Å². The summed E-state index contributed by atoms with van der Waals surface area (Å²) in [5.41, 5.74) is -0.568. The third kappa shape index (κ3) is 2.21. The Labute approximate surface area is 184 Å². The lowest BCUT2D eigenvalue weighted by atomic mass is 9.46. The van der Waals surface area contributed by atoms with Gasteiger partial charge < -0.3 is 9.47 Å². The minimum atomic E-state index is -3.35. The van der Waals surface area contributed by atoms with Crippen molar-refractivity contribution in [1.82, 2.24) is 0 Å². The maximum atomic E-state index is 13.4. The lowest BCUT2D eigenvalue weighted by Gasteiger charge is -2.58. The van der Waals surface area contributed by atoms with Crippen LogP contribution in [0, 0.1) is 22.7 Å². The molecule has 0 aromatic rings. The Bertz CT molecular complexity index is 1030. The maximum absolute atomic E-state index is 13.4. The zero-order valence-electron chi connectivity index (χ0n) is 18.6. The first-order valence-electron chi connectivity index (χ1n) is 11.9. The summed E-state index contributed by atoms with van der Waals surface area (Å²) >= 11 is 0. The van der Waals surface area contributed by atoms with Crippen molar-refractivity contribution in [3.63, 3.8) is 0 Å². The van der Waals surface area contributed by atoms with E-state index in [9.17, 15) is 18.0 Å². The van der Waals surface area contributed by atoms with Gasteiger partial charge in [0.05, 0.1) is 11.4 Å². The second-order valence-electron chi connectivity index (χ2n) is 11.3. The standard InChI is InChI=1S/C24H32O6S/c1-4-31(27,28)17-12-14-11-15(25)5-8-21(14,2)24-18(29-24)13-22(3)16(20(17)24)6-9-23(22)10-7-19(26)30-23/h11,16-18,20H,4-10,12-13H2,1-3H3/t16?,17-,18-,20?,21+,22+,23-,24-/m1/s1. The maximum Gasteiger partial charge on any atom is 0.306 e. The van der Waals surface area contributed by atoms with Crippen LogP contribution in [-0.2, 0) is 28.9 Å². The third-order valence-electron chi connectivity index (χ3n) is 10.5. The Morgan fingerprint density at radius 3 is 2.58 bits per heavy atom. The SMILES string of the molecule is CCS(=O)(=O)[C@@H]1CC2=CC(=O)CC[C@]2(C)[C@@]23O[C@@H]2C[C@@]2(C)C(CC[C@@]24CCC(=O)O4)C13. The Balaban J connectivity index is 1.52. The van der Waals surface area contributed by atoms with Gasteiger partial charge in [0, 0.05) is 35.3 Å². The highest BCUT2D eigenvalue weighted by Gasteiger charge is 2.83. The highest BCUT2D eigenvalue weighted by molar-refractivity contribution is 7.92.